The molecular formula is C14H13FN4O. The fraction of sp³-hybridized carbons (Fsp3) is 0.214. The van der Waals surface area contributed by atoms with Crippen molar-refractivity contribution in [3.05, 3.63) is 47.0 Å². The van der Waals surface area contributed by atoms with Gasteiger partial charge in [0, 0.05) is 12.2 Å². The summed E-state index contributed by atoms with van der Waals surface area (Å²) >= 11 is 0. The Balaban J connectivity index is 2.26. The number of nitrogens with zero attached hydrogens (tertiary/aromatic N) is 3. The number of rotatable bonds is 3. The fourth-order valence-corrected chi connectivity index (χ4v) is 1.85. The maximum absolute atomic E-state index is 13.2. The Morgan fingerprint density at radius 3 is 2.90 bits per heavy atom. The lowest BCUT2D eigenvalue weighted by Crippen LogP contribution is -2.17. The van der Waals surface area contributed by atoms with E-state index in [0.717, 1.165) is 11.8 Å². The molecule has 1 aromatic carbocycles. The molecule has 0 radical (unpaired) electrons. The minimum absolute atomic E-state index is 0.108. The number of aromatic nitrogens is 2. The van der Waals surface area contributed by atoms with Crippen molar-refractivity contribution >= 4 is 11.6 Å². The number of carbonyl (C=O) groups is 1. The summed E-state index contributed by atoms with van der Waals surface area (Å²) < 4.78 is 14.8. The lowest BCUT2D eigenvalue weighted by Gasteiger charge is -2.07. The maximum atomic E-state index is 13.2. The number of aryl methyl sites for hydroxylation is 2. The second-order valence-corrected chi connectivity index (χ2v) is 4.25. The van der Waals surface area contributed by atoms with Gasteiger partial charge in [-0.25, -0.2) is 4.39 Å². The number of nitrogens with one attached hydrogen (secondary N) is 1. The summed E-state index contributed by atoms with van der Waals surface area (Å²) in [5.74, 6) is -0.956. The molecule has 5 nitrogen and oxygen atoms in total. The molecule has 1 aromatic heterocycles. The summed E-state index contributed by atoms with van der Waals surface area (Å²) in [6, 6.07) is 7.26. The highest BCUT2D eigenvalue weighted by Gasteiger charge is 2.14. The average molecular weight is 272 g/mol. The van der Waals surface area contributed by atoms with Gasteiger partial charge in [-0.1, -0.05) is 0 Å². The van der Waals surface area contributed by atoms with Crippen molar-refractivity contribution in [1.29, 1.82) is 5.26 Å². The van der Waals surface area contributed by atoms with Crippen molar-refractivity contribution in [1.82, 2.24) is 9.78 Å². The van der Waals surface area contributed by atoms with Crippen LogP contribution < -0.4 is 5.32 Å². The van der Waals surface area contributed by atoms with Crippen LogP contribution in [0.25, 0.3) is 0 Å². The third-order valence-corrected chi connectivity index (χ3v) is 2.78. The van der Waals surface area contributed by atoms with Gasteiger partial charge >= 0.3 is 0 Å². The topological polar surface area (TPSA) is 70.7 Å². The molecule has 2 rings (SSSR count). The fourth-order valence-electron chi connectivity index (χ4n) is 1.85. The number of benzene rings is 1. The summed E-state index contributed by atoms with van der Waals surface area (Å²) in [6.07, 6.45) is 0. The molecule has 0 atom stereocenters. The number of hydrogen-bond acceptors (Lipinski definition) is 3. The Labute approximate surface area is 115 Å². The van der Waals surface area contributed by atoms with E-state index in [1.165, 1.54) is 12.1 Å². The lowest BCUT2D eigenvalue weighted by atomic mass is 10.2. The van der Waals surface area contributed by atoms with Gasteiger partial charge in [-0.15, -0.1) is 0 Å². The van der Waals surface area contributed by atoms with Crippen LogP contribution in [0.4, 0.5) is 10.1 Å². The number of carbonyl (C=O) groups excluding carboxylic acids is 1. The van der Waals surface area contributed by atoms with Crippen LogP contribution in [0.5, 0.6) is 0 Å². The molecule has 102 valence electrons. The van der Waals surface area contributed by atoms with E-state index in [9.17, 15) is 9.18 Å². The summed E-state index contributed by atoms with van der Waals surface area (Å²) in [4.78, 5) is 12.1. The number of nitriles is 1. The van der Waals surface area contributed by atoms with Crippen molar-refractivity contribution in [3.8, 4) is 6.07 Å². The van der Waals surface area contributed by atoms with Gasteiger partial charge in [0.1, 0.15) is 17.6 Å². The summed E-state index contributed by atoms with van der Waals surface area (Å²) in [5.41, 5.74) is 1.43. The lowest BCUT2D eigenvalue weighted by molar-refractivity contribution is 0.101. The average Bonchev–Trinajstić information content (AvgIpc) is 2.82. The van der Waals surface area contributed by atoms with Crippen LogP contribution in [-0.2, 0) is 6.54 Å². The standard InChI is InChI=1S/C14H13FN4O/c1-3-19-13(6-9(2)18-19)14(20)17-11-4-5-12(15)10(7-11)8-16/h4-7H,3H2,1-2H3,(H,17,20). The molecule has 6 heteroatoms. The zero-order valence-electron chi connectivity index (χ0n) is 11.1. The van der Waals surface area contributed by atoms with Crippen LogP contribution in [0.2, 0.25) is 0 Å². The SMILES string of the molecule is CCn1nc(C)cc1C(=O)Nc1ccc(F)c(C#N)c1. The zero-order chi connectivity index (χ0) is 14.7. The van der Waals surface area contributed by atoms with Gasteiger partial charge in [0.2, 0.25) is 0 Å². The zero-order valence-corrected chi connectivity index (χ0v) is 11.1. The molecule has 0 saturated carbocycles. The van der Waals surface area contributed by atoms with E-state index in [2.05, 4.69) is 10.4 Å². The highest BCUT2D eigenvalue weighted by atomic mass is 19.1. The van der Waals surface area contributed by atoms with E-state index in [1.54, 1.807) is 23.7 Å². The van der Waals surface area contributed by atoms with E-state index >= 15 is 0 Å². The molecule has 1 N–H and O–H groups in total. The Bertz CT molecular complexity index is 700. The van der Waals surface area contributed by atoms with Gasteiger partial charge in [-0.3, -0.25) is 9.48 Å². The molecular weight excluding hydrogens is 259 g/mol. The van der Waals surface area contributed by atoms with Crippen LogP contribution in [0, 0.1) is 24.1 Å². The van der Waals surface area contributed by atoms with Gasteiger partial charge < -0.3 is 5.32 Å². The highest BCUT2D eigenvalue weighted by Crippen LogP contribution is 2.15. The van der Waals surface area contributed by atoms with Crippen molar-refractivity contribution < 1.29 is 9.18 Å². The van der Waals surface area contributed by atoms with Crippen molar-refractivity contribution in [2.24, 2.45) is 0 Å². The molecule has 2 aromatic rings. The molecule has 0 aliphatic heterocycles. The first-order valence-electron chi connectivity index (χ1n) is 6.10. The largest absolute Gasteiger partial charge is 0.321 e. The van der Waals surface area contributed by atoms with Gasteiger partial charge in [0.25, 0.3) is 5.91 Å². The Kier molecular flexibility index (Phi) is 3.80. The van der Waals surface area contributed by atoms with Crippen LogP contribution in [0.15, 0.2) is 24.3 Å². The Hall–Kier alpha value is -2.68. The normalized spacial score (nSPS) is 10.1. The Morgan fingerprint density at radius 2 is 2.25 bits per heavy atom. The van der Waals surface area contributed by atoms with Gasteiger partial charge in [-0.2, -0.15) is 10.4 Å². The molecule has 0 saturated heterocycles. The van der Waals surface area contributed by atoms with E-state index in [0.29, 0.717) is 17.9 Å². The minimum atomic E-state index is -0.611. The quantitative estimate of drug-likeness (QED) is 0.933. The molecule has 0 unspecified atom stereocenters. The van der Waals surface area contributed by atoms with Crippen molar-refractivity contribution in [3.63, 3.8) is 0 Å². The first kappa shape index (κ1) is 13.7. The number of anilines is 1. The third kappa shape index (κ3) is 2.67. The number of hydrogen-bond donors (Lipinski definition) is 1. The van der Waals surface area contributed by atoms with E-state index in [-0.39, 0.29) is 11.5 Å². The predicted molar refractivity (Wildman–Crippen MR) is 71.7 cm³/mol. The molecule has 1 amide bonds. The Morgan fingerprint density at radius 1 is 1.50 bits per heavy atom. The predicted octanol–water partition coefficient (Wildman–Crippen LogP) is 2.47. The molecule has 0 bridgehead atoms. The van der Waals surface area contributed by atoms with E-state index in [1.807, 2.05) is 6.92 Å². The summed E-state index contributed by atoms with van der Waals surface area (Å²) in [6.45, 7) is 4.26. The maximum Gasteiger partial charge on any atom is 0.273 e. The summed E-state index contributed by atoms with van der Waals surface area (Å²) in [7, 11) is 0. The number of halogens is 1. The van der Waals surface area contributed by atoms with Crippen molar-refractivity contribution in [2.75, 3.05) is 5.32 Å². The van der Waals surface area contributed by atoms with E-state index < -0.39 is 5.82 Å². The van der Waals surface area contributed by atoms with E-state index in [4.69, 9.17) is 5.26 Å². The molecule has 0 aliphatic rings. The first-order valence-corrected chi connectivity index (χ1v) is 6.10. The van der Waals surface area contributed by atoms with Crippen LogP contribution >= 0.6 is 0 Å². The van der Waals surface area contributed by atoms with Gasteiger partial charge in [0.15, 0.2) is 0 Å². The van der Waals surface area contributed by atoms with Gasteiger partial charge in [0.05, 0.1) is 11.3 Å². The van der Waals surface area contributed by atoms with Crippen LogP contribution in [0.3, 0.4) is 0 Å². The monoisotopic (exact) mass is 272 g/mol. The van der Waals surface area contributed by atoms with Crippen LogP contribution in [0.1, 0.15) is 28.7 Å². The third-order valence-electron chi connectivity index (χ3n) is 2.78. The smallest absolute Gasteiger partial charge is 0.273 e. The molecule has 20 heavy (non-hydrogen) atoms. The first-order chi connectivity index (χ1) is 9.55. The molecule has 0 aliphatic carbocycles. The molecule has 1 heterocycles. The summed E-state index contributed by atoms with van der Waals surface area (Å²) in [5, 5.41) is 15.6. The second kappa shape index (κ2) is 5.53. The second-order valence-electron chi connectivity index (χ2n) is 4.25. The van der Waals surface area contributed by atoms with Crippen LogP contribution in [-0.4, -0.2) is 15.7 Å². The highest BCUT2D eigenvalue weighted by molar-refractivity contribution is 6.03. The molecule has 0 fully saturated rings. The molecule has 0 spiro atoms. The van der Waals surface area contributed by atoms with Gasteiger partial charge in [-0.05, 0) is 38.1 Å². The van der Waals surface area contributed by atoms with Crippen molar-refractivity contribution in [2.45, 2.75) is 20.4 Å². The minimum Gasteiger partial charge on any atom is -0.321 e. The number of amides is 1.